The van der Waals surface area contributed by atoms with Gasteiger partial charge in [-0.05, 0) is 35.4 Å². The van der Waals surface area contributed by atoms with Crippen LogP contribution in [0.15, 0.2) is 77.6 Å². The average Bonchev–Trinajstić information content (AvgIpc) is 2.77. The van der Waals surface area contributed by atoms with Crippen LogP contribution in [0.25, 0.3) is 22.2 Å². The highest BCUT2D eigenvalue weighted by Gasteiger charge is 2.27. The SMILES string of the molecule is COc1ccccc1/C(O)=C1\c2ccccc2Cn2c1nc(=O)c1ccccc12. The summed E-state index contributed by atoms with van der Waals surface area (Å²) in [5, 5.41) is 11.9. The van der Waals surface area contributed by atoms with Crippen LogP contribution in [0.5, 0.6) is 5.75 Å². The normalized spacial score (nSPS) is 14.2. The van der Waals surface area contributed by atoms with Gasteiger partial charge in [0.15, 0.2) is 0 Å². The molecule has 0 saturated carbocycles. The molecule has 0 spiro atoms. The lowest BCUT2D eigenvalue weighted by atomic mass is 9.92. The van der Waals surface area contributed by atoms with E-state index in [2.05, 4.69) is 4.98 Å². The smallest absolute Gasteiger partial charge is 0.281 e. The molecule has 1 aliphatic rings. The van der Waals surface area contributed by atoms with Crippen LogP contribution in [-0.4, -0.2) is 21.8 Å². The third-order valence-electron chi connectivity index (χ3n) is 5.33. The van der Waals surface area contributed by atoms with Gasteiger partial charge < -0.3 is 14.4 Å². The minimum atomic E-state index is -0.309. The van der Waals surface area contributed by atoms with Gasteiger partial charge in [-0.25, -0.2) is 0 Å². The highest BCUT2D eigenvalue weighted by atomic mass is 16.5. The fourth-order valence-electron chi connectivity index (χ4n) is 3.97. The standard InChI is InChI=1S/C24H18N2O3/c1-29-20-13-7-5-11-18(20)22(27)21-16-9-3-2-8-15(16)14-26-19-12-6-4-10-17(19)24(28)25-23(21)26/h2-13,27H,14H2,1H3/b22-21-. The molecule has 5 heteroatoms. The van der Waals surface area contributed by atoms with Crippen LogP contribution in [0.4, 0.5) is 0 Å². The Bertz CT molecular complexity index is 1350. The number of benzene rings is 3. The first kappa shape index (κ1) is 17.3. The Balaban J connectivity index is 1.91. The largest absolute Gasteiger partial charge is 0.506 e. The van der Waals surface area contributed by atoms with Crippen LogP contribution in [0.1, 0.15) is 22.5 Å². The van der Waals surface area contributed by atoms with Crippen LogP contribution >= 0.6 is 0 Å². The zero-order valence-corrected chi connectivity index (χ0v) is 15.8. The fraction of sp³-hybridized carbons (Fsp3) is 0.0833. The monoisotopic (exact) mass is 382 g/mol. The van der Waals surface area contributed by atoms with Gasteiger partial charge in [-0.15, -0.1) is 0 Å². The van der Waals surface area contributed by atoms with Gasteiger partial charge >= 0.3 is 0 Å². The van der Waals surface area contributed by atoms with E-state index in [-0.39, 0.29) is 11.3 Å². The van der Waals surface area contributed by atoms with Crippen molar-refractivity contribution in [2.24, 2.45) is 0 Å². The molecule has 142 valence electrons. The molecule has 1 N–H and O–H groups in total. The van der Waals surface area contributed by atoms with Crippen molar-refractivity contribution in [3.63, 3.8) is 0 Å². The second-order valence-corrected chi connectivity index (χ2v) is 6.92. The first-order valence-electron chi connectivity index (χ1n) is 9.34. The van der Waals surface area contributed by atoms with E-state index in [1.54, 1.807) is 25.3 Å². The van der Waals surface area contributed by atoms with Crippen molar-refractivity contribution in [3.8, 4) is 5.75 Å². The number of rotatable bonds is 2. The van der Waals surface area contributed by atoms with E-state index in [4.69, 9.17) is 4.74 Å². The minimum absolute atomic E-state index is 0.0329. The molecule has 5 rings (SSSR count). The number of methoxy groups -OCH3 is 1. The number of aromatic nitrogens is 2. The van der Waals surface area contributed by atoms with E-state index >= 15 is 0 Å². The summed E-state index contributed by atoms with van der Waals surface area (Å²) in [6.45, 7) is 0.571. The van der Waals surface area contributed by atoms with Gasteiger partial charge in [0.05, 0.1) is 35.7 Å². The minimum Gasteiger partial charge on any atom is -0.506 e. The molecule has 1 aromatic heterocycles. The van der Waals surface area contributed by atoms with Crippen LogP contribution in [0.2, 0.25) is 0 Å². The quantitative estimate of drug-likeness (QED) is 0.464. The van der Waals surface area contributed by atoms with Crippen molar-refractivity contribution in [2.75, 3.05) is 7.11 Å². The van der Waals surface area contributed by atoms with E-state index in [0.717, 1.165) is 16.6 Å². The van der Waals surface area contributed by atoms with E-state index in [0.29, 0.717) is 34.6 Å². The molecule has 0 fully saturated rings. The summed E-state index contributed by atoms with van der Waals surface area (Å²) in [5.41, 5.74) is 3.47. The Kier molecular flexibility index (Phi) is 3.95. The average molecular weight is 382 g/mol. The zero-order valence-electron chi connectivity index (χ0n) is 15.8. The number of aliphatic hydroxyl groups excluding tert-OH is 1. The van der Waals surface area contributed by atoms with Gasteiger partial charge in [-0.3, -0.25) is 4.79 Å². The molecule has 0 aliphatic carbocycles. The van der Waals surface area contributed by atoms with Gasteiger partial charge in [0.1, 0.15) is 17.3 Å². The van der Waals surface area contributed by atoms with Crippen LogP contribution in [-0.2, 0) is 6.54 Å². The predicted octanol–water partition coefficient (Wildman–Crippen LogP) is 4.24. The van der Waals surface area contributed by atoms with Crippen LogP contribution in [0, 0.1) is 0 Å². The fourth-order valence-corrected chi connectivity index (χ4v) is 3.97. The summed E-state index contributed by atoms with van der Waals surface area (Å²) in [5.74, 6) is 1.04. The first-order chi connectivity index (χ1) is 14.2. The molecule has 4 aromatic rings. The molecule has 5 nitrogen and oxygen atoms in total. The number of aliphatic hydroxyl groups is 1. The number of fused-ring (bicyclic) bond motifs is 4. The van der Waals surface area contributed by atoms with Crippen molar-refractivity contribution in [1.29, 1.82) is 0 Å². The van der Waals surface area contributed by atoms with Crippen molar-refractivity contribution in [3.05, 3.63) is 106 Å². The molecular weight excluding hydrogens is 364 g/mol. The molecule has 0 bridgehead atoms. The highest BCUT2D eigenvalue weighted by molar-refractivity contribution is 5.97. The van der Waals surface area contributed by atoms with Gasteiger partial charge in [0.2, 0.25) is 0 Å². The summed E-state index contributed by atoms with van der Waals surface area (Å²) in [6, 6.07) is 22.6. The lowest BCUT2D eigenvalue weighted by Crippen LogP contribution is -2.24. The van der Waals surface area contributed by atoms with E-state index in [9.17, 15) is 9.90 Å². The zero-order chi connectivity index (χ0) is 20.0. The Morgan fingerprint density at radius 2 is 1.72 bits per heavy atom. The number of ether oxygens (including phenoxy) is 1. The van der Waals surface area contributed by atoms with Gasteiger partial charge in [-0.2, -0.15) is 4.98 Å². The van der Waals surface area contributed by atoms with Crippen molar-refractivity contribution >= 4 is 22.2 Å². The predicted molar refractivity (Wildman–Crippen MR) is 113 cm³/mol. The number of hydrogen-bond donors (Lipinski definition) is 1. The topological polar surface area (TPSA) is 64.3 Å². The van der Waals surface area contributed by atoms with Crippen molar-refractivity contribution in [1.82, 2.24) is 9.55 Å². The molecule has 0 unspecified atom stereocenters. The van der Waals surface area contributed by atoms with Gasteiger partial charge in [-0.1, -0.05) is 48.5 Å². The third kappa shape index (κ3) is 2.63. The third-order valence-corrected chi connectivity index (χ3v) is 5.33. The summed E-state index contributed by atoms with van der Waals surface area (Å²) in [4.78, 5) is 17.1. The Labute approximate surface area is 167 Å². The second-order valence-electron chi connectivity index (χ2n) is 6.92. The molecule has 0 amide bonds. The number of hydrogen-bond acceptors (Lipinski definition) is 4. The maximum absolute atomic E-state index is 12.7. The number of para-hydroxylation sites is 2. The van der Waals surface area contributed by atoms with E-state index < -0.39 is 0 Å². The molecule has 0 radical (unpaired) electrons. The number of nitrogens with zero attached hydrogens (tertiary/aromatic N) is 2. The summed E-state index contributed by atoms with van der Waals surface area (Å²) < 4.78 is 7.43. The first-order valence-corrected chi connectivity index (χ1v) is 9.34. The molecule has 0 atom stereocenters. The molecule has 2 heterocycles. The Morgan fingerprint density at radius 3 is 2.59 bits per heavy atom. The highest BCUT2D eigenvalue weighted by Crippen LogP contribution is 2.38. The van der Waals surface area contributed by atoms with Gasteiger partial charge in [0, 0.05) is 0 Å². The van der Waals surface area contributed by atoms with Gasteiger partial charge in [0.25, 0.3) is 5.56 Å². The molecule has 3 aromatic carbocycles. The molecule has 29 heavy (non-hydrogen) atoms. The maximum Gasteiger partial charge on any atom is 0.281 e. The molecule has 0 saturated heterocycles. The summed E-state index contributed by atoms with van der Waals surface area (Å²) >= 11 is 0. The Hall–Kier alpha value is -3.86. The molecular formula is C24H18N2O3. The van der Waals surface area contributed by atoms with E-state index in [1.807, 2.05) is 59.2 Å². The van der Waals surface area contributed by atoms with Crippen molar-refractivity contribution < 1.29 is 9.84 Å². The lowest BCUT2D eigenvalue weighted by molar-refractivity contribution is 0.408. The second kappa shape index (κ2) is 6.63. The lowest BCUT2D eigenvalue weighted by Gasteiger charge is -2.26. The summed E-state index contributed by atoms with van der Waals surface area (Å²) in [6.07, 6.45) is 0. The Morgan fingerprint density at radius 1 is 1.00 bits per heavy atom. The van der Waals surface area contributed by atoms with Crippen LogP contribution < -0.4 is 10.3 Å². The van der Waals surface area contributed by atoms with Crippen molar-refractivity contribution in [2.45, 2.75) is 6.54 Å². The van der Waals surface area contributed by atoms with E-state index in [1.165, 1.54) is 0 Å². The maximum atomic E-state index is 12.7. The molecule has 1 aliphatic heterocycles. The summed E-state index contributed by atoms with van der Waals surface area (Å²) in [7, 11) is 1.57. The van der Waals surface area contributed by atoms with Crippen LogP contribution in [0.3, 0.4) is 0 Å².